The summed E-state index contributed by atoms with van der Waals surface area (Å²) in [4.78, 5) is 14.3. The molecule has 4 N–H and O–H groups in total. The molecule has 0 radical (unpaired) electrons. The van der Waals surface area contributed by atoms with Crippen LogP contribution < -0.4 is 0 Å². The zero-order chi connectivity index (χ0) is 3.58. The van der Waals surface area contributed by atoms with Crippen LogP contribution in [0.3, 0.4) is 0 Å². The smallest absolute Gasteiger partial charge is 1.00 e. The van der Waals surface area contributed by atoms with Gasteiger partial charge in [-0.05, 0) is 0 Å². The zero-order valence-corrected chi connectivity index (χ0v) is 12.0. The fraction of sp³-hybridized carbons (Fsp3) is 0. The maximum Gasteiger partial charge on any atom is 2.00 e. The molecule has 44 valence electrons. The minimum Gasteiger partial charge on any atom is -1.00 e. The van der Waals surface area contributed by atoms with Crippen molar-refractivity contribution in [2.75, 3.05) is 0 Å². The molecule has 0 aromatic heterocycles. The molecule has 0 atom stereocenters. The first-order valence-corrected chi connectivity index (χ1v) is 1.95. The summed E-state index contributed by atoms with van der Waals surface area (Å²) in [6.45, 7) is 0. The maximum atomic E-state index is 8.74. The van der Waals surface area contributed by atoms with Gasteiger partial charge < -0.3 is 23.6 Å². The van der Waals surface area contributed by atoms with Crippen molar-refractivity contribution in [3.63, 3.8) is 0 Å². The SMILES string of the molecule is O.O=[Si](O)O.[Ca+2].[Ca+2].[Ca+2].[H-].[H-].[H-].[H-].[H-].[H-]. The van der Waals surface area contributed by atoms with E-state index in [1.165, 1.54) is 0 Å². The summed E-state index contributed by atoms with van der Waals surface area (Å²) in [6.07, 6.45) is 0. The van der Waals surface area contributed by atoms with Crippen molar-refractivity contribution < 1.29 is 28.1 Å². The van der Waals surface area contributed by atoms with E-state index in [4.69, 9.17) is 14.1 Å². The van der Waals surface area contributed by atoms with Gasteiger partial charge in [0.05, 0.1) is 0 Å². The van der Waals surface area contributed by atoms with Crippen molar-refractivity contribution in [1.29, 1.82) is 0 Å². The van der Waals surface area contributed by atoms with Crippen LogP contribution in [0, 0.1) is 0 Å². The first-order chi connectivity index (χ1) is 1.73. The van der Waals surface area contributed by atoms with Gasteiger partial charge in [0, 0.05) is 0 Å². The van der Waals surface area contributed by atoms with Gasteiger partial charge in [-0.3, -0.25) is 4.46 Å². The third kappa shape index (κ3) is 58.0. The van der Waals surface area contributed by atoms with Gasteiger partial charge in [-0.2, -0.15) is 0 Å². The molecule has 0 saturated heterocycles. The van der Waals surface area contributed by atoms with E-state index in [0.29, 0.717) is 0 Å². The molecule has 0 aliphatic heterocycles. The van der Waals surface area contributed by atoms with E-state index in [2.05, 4.69) is 0 Å². The van der Waals surface area contributed by atoms with Crippen LogP contribution in [-0.4, -0.2) is 137 Å². The Morgan fingerprint density at radius 1 is 1.12 bits per heavy atom. The predicted octanol–water partition coefficient (Wildman–Crippen LogP) is -2.91. The second-order valence-corrected chi connectivity index (χ2v) is 0.848. The molecule has 0 rings (SSSR count). The van der Waals surface area contributed by atoms with E-state index >= 15 is 0 Å². The largest absolute Gasteiger partial charge is 2.00 e. The molecule has 0 aliphatic carbocycles. The molecule has 0 heterocycles. The minimum atomic E-state index is -3.13. The summed E-state index contributed by atoms with van der Waals surface area (Å²) >= 11 is 0. The van der Waals surface area contributed by atoms with Crippen LogP contribution in [-0.2, 0) is 4.46 Å². The summed E-state index contributed by atoms with van der Waals surface area (Å²) in [5.41, 5.74) is 0. The molecule has 0 saturated carbocycles. The van der Waals surface area contributed by atoms with Crippen molar-refractivity contribution >= 4 is 122 Å². The molecule has 0 aromatic rings. The van der Waals surface area contributed by atoms with Gasteiger partial charge in [0.25, 0.3) is 0 Å². The average molecular weight is 222 g/mol. The molecule has 0 aromatic carbocycles. The Balaban J connectivity index is -0.000000001000. The Labute approximate surface area is 147 Å². The van der Waals surface area contributed by atoms with Gasteiger partial charge in [0.2, 0.25) is 0 Å². The Bertz CT molecular complexity index is 48.1. The quantitative estimate of drug-likeness (QED) is 0.431. The van der Waals surface area contributed by atoms with E-state index in [1.54, 1.807) is 0 Å². The van der Waals surface area contributed by atoms with Crippen LogP contribution in [0.4, 0.5) is 0 Å². The van der Waals surface area contributed by atoms with Crippen molar-refractivity contribution in [3.8, 4) is 0 Å². The first kappa shape index (κ1) is 30.1. The molecular formula is H10Ca3O4Si. The van der Waals surface area contributed by atoms with Crippen molar-refractivity contribution in [1.82, 2.24) is 0 Å². The van der Waals surface area contributed by atoms with Crippen molar-refractivity contribution in [3.05, 3.63) is 0 Å². The van der Waals surface area contributed by atoms with Gasteiger partial charge in [-0.25, -0.2) is 0 Å². The molecule has 0 fully saturated rings. The molecule has 0 spiro atoms. The van der Waals surface area contributed by atoms with Gasteiger partial charge >= 0.3 is 122 Å². The summed E-state index contributed by atoms with van der Waals surface area (Å²) in [5.74, 6) is 0. The van der Waals surface area contributed by atoms with Gasteiger partial charge in [0.1, 0.15) is 0 Å². The van der Waals surface area contributed by atoms with Crippen LogP contribution in [0.2, 0.25) is 0 Å². The first-order valence-electron chi connectivity index (χ1n) is 0.651. The van der Waals surface area contributed by atoms with Gasteiger partial charge in [-0.15, -0.1) is 0 Å². The van der Waals surface area contributed by atoms with Crippen LogP contribution >= 0.6 is 0 Å². The number of hydrogen-bond acceptors (Lipinski definition) is 1. The van der Waals surface area contributed by atoms with Crippen molar-refractivity contribution in [2.45, 2.75) is 0 Å². The third-order valence-corrected chi connectivity index (χ3v) is 0. The Kier molecular flexibility index (Phi) is 84.6. The number of hydrogen-bond donors (Lipinski definition) is 2. The monoisotopic (exact) mass is 222 g/mol. The Morgan fingerprint density at radius 2 is 1.12 bits per heavy atom. The van der Waals surface area contributed by atoms with E-state index in [-0.39, 0.29) is 127 Å². The van der Waals surface area contributed by atoms with Crippen LogP contribution in [0.15, 0.2) is 0 Å². The van der Waals surface area contributed by atoms with E-state index < -0.39 is 9.17 Å². The predicted molar refractivity (Wildman–Crippen MR) is 38.4 cm³/mol. The molecule has 8 heavy (non-hydrogen) atoms. The molecule has 0 aliphatic rings. The van der Waals surface area contributed by atoms with Crippen LogP contribution in [0.25, 0.3) is 0 Å². The summed E-state index contributed by atoms with van der Waals surface area (Å²) < 4.78 is 8.74. The zero-order valence-electron chi connectivity index (χ0n) is 10.4. The number of rotatable bonds is 0. The Morgan fingerprint density at radius 3 is 1.12 bits per heavy atom. The van der Waals surface area contributed by atoms with Crippen molar-refractivity contribution in [2.24, 2.45) is 0 Å². The molecular weight excluding hydrogens is 212 g/mol. The van der Waals surface area contributed by atoms with Gasteiger partial charge in [0.15, 0.2) is 0 Å². The minimum absolute atomic E-state index is 0. The van der Waals surface area contributed by atoms with E-state index in [1.807, 2.05) is 0 Å². The molecule has 0 unspecified atom stereocenters. The van der Waals surface area contributed by atoms with Crippen LogP contribution in [0.5, 0.6) is 0 Å². The molecule has 8 heteroatoms. The molecule has 0 amide bonds. The summed E-state index contributed by atoms with van der Waals surface area (Å²) in [6, 6.07) is 0. The second-order valence-electron chi connectivity index (χ2n) is 0.283. The normalized spacial score (nSPS) is 3.00. The standard InChI is InChI=1S/3Ca.H2O3Si.H2O.6H/c;;;1-4(2)3;;;;;;;/h;;;1-2H;1H2;;;;;;/q3*+2;;;6*-1. The maximum absolute atomic E-state index is 8.74. The summed E-state index contributed by atoms with van der Waals surface area (Å²) in [5, 5.41) is 0. The Hall–Kier alpha value is 3.36. The molecule has 0 bridgehead atoms. The average Bonchev–Trinajstić information content (AvgIpc) is 0.811. The fourth-order valence-electron chi connectivity index (χ4n) is 0. The van der Waals surface area contributed by atoms with E-state index in [0.717, 1.165) is 0 Å². The fourth-order valence-corrected chi connectivity index (χ4v) is 0. The third-order valence-electron chi connectivity index (χ3n) is 0. The second kappa shape index (κ2) is 22.4. The summed E-state index contributed by atoms with van der Waals surface area (Å²) in [7, 11) is -3.13. The van der Waals surface area contributed by atoms with Gasteiger partial charge in [-0.1, -0.05) is 0 Å². The van der Waals surface area contributed by atoms with E-state index in [9.17, 15) is 0 Å². The molecule has 4 nitrogen and oxygen atoms in total. The van der Waals surface area contributed by atoms with Crippen LogP contribution in [0.1, 0.15) is 8.56 Å². The topological polar surface area (TPSA) is 89.0 Å².